The lowest BCUT2D eigenvalue weighted by Crippen LogP contribution is -2.28. The molecule has 0 radical (unpaired) electrons. The second-order valence-electron chi connectivity index (χ2n) is 11.9. The molecule has 0 aromatic heterocycles. The molecule has 0 heterocycles. The highest BCUT2D eigenvalue weighted by molar-refractivity contribution is 5.98. The van der Waals surface area contributed by atoms with Crippen LogP contribution >= 0.6 is 0 Å². The minimum absolute atomic E-state index is 0.165. The number of anilines is 2. The standard InChI is InChI=1S/C36H52N6O10/c43-31(15-5-1-3-7-17-33(45)41-49)39-29-13-9-11-27(25-29)35(47)37-19-21-51-23-24-52-22-20-38-36(48)28-12-10-14-30(26-28)40-32(44)16-6-2-4-8-18-34(46)42-50/h9-14,25-26,49-50H,1-8,15-24H2,(H,37,47)(H,38,48)(H,39,43)(H,40,44)(H,41,45)(H,42,46). The fourth-order valence-corrected chi connectivity index (χ4v) is 4.88. The molecule has 6 amide bonds. The summed E-state index contributed by atoms with van der Waals surface area (Å²) >= 11 is 0. The summed E-state index contributed by atoms with van der Waals surface area (Å²) in [7, 11) is 0. The SMILES string of the molecule is O=C(CCCCCCC(=O)Nc1cccc(C(=O)NCCOCCOCCNC(=O)c2cccc(NC(=O)CCCCCCC(=O)NO)c2)c1)NO. The normalized spacial score (nSPS) is 10.6. The number of unbranched alkanes of at least 4 members (excludes halogenated alkanes) is 6. The summed E-state index contributed by atoms with van der Waals surface area (Å²) in [5, 5.41) is 28.1. The quantitative estimate of drug-likeness (QED) is 0.0379. The third-order valence-electron chi connectivity index (χ3n) is 7.62. The number of hydrogen-bond donors (Lipinski definition) is 8. The van der Waals surface area contributed by atoms with Gasteiger partial charge in [0, 0.05) is 61.3 Å². The lowest BCUT2D eigenvalue weighted by atomic mass is 10.1. The fraction of sp³-hybridized carbons (Fsp3) is 0.500. The van der Waals surface area contributed by atoms with Gasteiger partial charge in [-0.25, -0.2) is 11.0 Å². The number of nitrogens with one attached hydrogen (secondary N) is 6. The van der Waals surface area contributed by atoms with E-state index in [1.807, 2.05) is 0 Å². The molecule has 0 unspecified atom stereocenters. The highest BCUT2D eigenvalue weighted by Crippen LogP contribution is 2.14. The lowest BCUT2D eigenvalue weighted by Gasteiger charge is -2.10. The van der Waals surface area contributed by atoms with E-state index in [0.717, 1.165) is 25.7 Å². The summed E-state index contributed by atoms with van der Waals surface area (Å²) in [6.07, 6.45) is 6.83. The number of ether oxygens (including phenoxy) is 2. The molecule has 0 spiro atoms. The van der Waals surface area contributed by atoms with Crippen LogP contribution in [0.3, 0.4) is 0 Å². The molecule has 0 bridgehead atoms. The molecule has 52 heavy (non-hydrogen) atoms. The van der Waals surface area contributed by atoms with Gasteiger partial charge in [0.25, 0.3) is 11.8 Å². The number of rotatable bonds is 27. The van der Waals surface area contributed by atoms with E-state index >= 15 is 0 Å². The van der Waals surface area contributed by atoms with Crippen molar-refractivity contribution in [2.45, 2.75) is 77.0 Å². The Hall–Kier alpha value is -4.90. The van der Waals surface area contributed by atoms with Crippen LogP contribution in [0.15, 0.2) is 48.5 Å². The Morgan fingerprint density at radius 2 is 0.846 bits per heavy atom. The van der Waals surface area contributed by atoms with Gasteiger partial charge in [-0.2, -0.15) is 0 Å². The third kappa shape index (κ3) is 20.1. The van der Waals surface area contributed by atoms with Crippen LogP contribution in [-0.2, 0) is 28.7 Å². The highest BCUT2D eigenvalue weighted by atomic mass is 16.5. The molecule has 16 nitrogen and oxygen atoms in total. The molecular formula is C36H52N6O10. The van der Waals surface area contributed by atoms with Crippen LogP contribution in [0.1, 0.15) is 97.8 Å². The van der Waals surface area contributed by atoms with Crippen LogP contribution in [0.2, 0.25) is 0 Å². The lowest BCUT2D eigenvalue weighted by molar-refractivity contribution is -0.130. The summed E-state index contributed by atoms with van der Waals surface area (Å²) in [5.74, 6) is -1.78. The van der Waals surface area contributed by atoms with Crippen molar-refractivity contribution in [3.63, 3.8) is 0 Å². The predicted molar refractivity (Wildman–Crippen MR) is 192 cm³/mol. The molecule has 0 atom stereocenters. The number of carbonyl (C=O) groups excluding carboxylic acids is 6. The molecule has 0 aliphatic heterocycles. The van der Waals surface area contributed by atoms with Crippen LogP contribution in [0.5, 0.6) is 0 Å². The highest BCUT2D eigenvalue weighted by Gasteiger charge is 2.10. The van der Waals surface area contributed by atoms with E-state index < -0.39 is 11.8 Å². The van der Waals surface area contributed by atoms with Crippen molar-refractivity contribution < 1.29 is 48.7 Å². The van der Waals surface area contributed by atoms with E-state index in [9.17, 15) is 28.8 Å². The Morgan fingerprint density at radius 3 is 1.21 bits per heavy atom. The number of carbonyl (C=O) groups is 6. The Balaban J connectivity index is 1.51. The summed E-state index contributed by atoms with van der Waals surface area (Å²) in [6, 6.07) is 13.3. The zero-order chi connectivity index (χ0) is 37.8. The van der Waals surface area contributed by atoms with Crippen LogP contribution in [-0.4, -0.2) is 85.4 Å². The van der Waals surface area contributed by atoms with E-state index in [4.69, 9.17) is 19.9 Å². The van der Waals surface area contributed by atoms with E-state index in [2.05, 4.69) is 21.3 Å². The van der Waals surface area contributed by atoms with Crippen molar-refractivity contribution in [1.29, 1.82) is 0 Å². The predicted octanol–water partition coefficient (Wildman–Crippen LogP) is 3.45. The van der Waals surface area contributed by atoms with Gasteiger partial charge in [-0.15, -0.1) is 0 Å². The first-order chi connectivity index (χ1) is 25.2. The molecule has 0 aliphatic carbocycles. The number of hydrogen-bond acceptors (Lipinski definition) is 10. The smallest absolute Gasteiger partial charge is 0.251 e. The largest absolute Gasteiger partial charge is 0.377 e. The van der Waals surface area contributed by atoms with Gasteiger partial charge < -0.3 is 30.7 Å². The molecule has 286 valence electrons. The molecule has 2 aromatic rings. The van der Waals surface area contributed by atoms with Crippen molar-refractivity contribution in [1.82, 2.24) is 21.6 Å². The summed E-state index contributed by atoms with van der Waals surface area (Å²) in [6.45, 7) is 1.69. The molecule has 0 fully saturated rings. The van der Waals surface area contributed by atoms with Crippen molar-refractivity contribution in [2.75, 3.05) is 50.2 Å². The topological polar surface area (TPSA) is 234 Å². The van der Waals surface area contributed by atoms with Crippen molar-refractivity contribution in [3.8, 4) is 0 Å². The van der Waals surface area contributed by atoms with Crippen LogP contribution < -0.4 is 32.2 Å². The average Bonchev–Trinajstić information content (AvgIpc) is 3.14. The zero-order valence-corrected chi connectivity index (χ0v) is 29.5. The van der Waals surface area contributed by atoms with E-state index in [0.29, 0.717) is 74.2 Å². The first-order valence-electron chi connectivity index (χ1n) is 17.6. The van der Waals surface area contributed by atoms with Crippen LogP contribution in [0, 0.1) is 0 Å². The first-order valence-corrected chi connectivity index (χ1v) is 17.6. The van der Waals surface area contributed by atoms with Crippen molar-refractivity contribution >= 4 is 46.8 Å². The maximum Gasteiger partial charge on any atom is 0.251 e. The van der Waals surface area contributed by atoms with Gasteiger partial charge in [-0.05, 0) is 62.1 Å². The third-order valence-corrected chi connectivity index (χ3v) is 7.62. The molecular weight excluding hydrogens is 676 g/mol. The van der Waals surface area contributed by atoms with Crippen LogP contribution in [0.25, 0.3) is 0 Å². The molecule has 8 N–H and O–H groups in total. The van der Waals surface area contributed by atoms with Gasteiger partial charge in [0.1, 0.15) is 0 Å². The Morgan fingerprint density at radius 1 is 0.481 bits per heavy atom. The van der Waals surface area contributed by atoms with E-state index in [1.165, 1.54) is 0 Å². The monoisotopic (exact) mass is 728 g/mol. The average molecular weight is 729 g/mol. The molecule has 0 aliphatic rings. The summed E-state index contributed by atoms with van der Waals surface area (Å²) in [5.41, 5.74) is 5.01. The van der Waals surface area contributed by atoms with Gasteiger partial charge in [-0.1, -0.05) is 37.8 Å². The minimum atomic E-state index is -0.422. The molecule has 16 heteroatoms. The van der Waals surface area contributed by atoms with Gasteiger partial charge in [-0.3, -0.25) is 39.2 Å². The second kappa shape index (κ2) is 26.8. The van der Waals surface area contributed by atoms with Gasteiger partial charge >= 0.3 is 0 Å². The molecule has 0 saturated heterocycles. The number of benzene rings is 2. The van der Waals surface area contributed by atoms with Crippen molar-refractivity contribution in [2.24, 2.45) is 0 Å². The minimum Gasteiger partial charge on any atom is -0.377 e. The summed E-state index contributed by atoms with van der Waals surface area (Å²) < 4.78 is 11.0. The number of amides is 6. The fourth-order valence-electron chi connectivity index (χ4n) is 4.88. The molecule has 0 saturated carbocycles. The molecule has 2 aromatic carbocycles. The van der Waals surface area contributed by atoms with Crippen LogP contribution in [0.4, 0.5) is 11.4 Å². The summed E-state index contributed by atoms with van der Waals surface area (Å²) in [4.78, 5) is 71.6. The van der Waals surface area contributed by atoms with Gasteiger partial charge in [0.15, 0.2) is 0 Å². The number of hydroxylamine groups is 2. The Labute approximate surface area is 303 Å². The van der Waals surface area contributed by atoms with E-state index in [1.54, 1.807) is 59.5 Å². The second-order valence-corrected chi connectivity index (χ2v) is 11.9. The maximum atomic E-state index is 12.5. The van der Waals surface area contributed by atoms with Gasteiger partial charge in [0.2, 0.25) is 23.6 Å². The molecule has 2 rings (SSSR count). The Kier molecular flexibility index (Phi) is 22.3. The van der Waals surface area contributed by atoms with Crippen molar-refractivity contribution in [3.05, 3.63) is 59.7 Å². The zero-order valence-electron chi connectivity index (χ0n) is 29.5. The maximum absolute atomic E-state index is 12.5. The first kappa shape index (κ1) is 43.3. The van der Waals surface area contributed by atoms with Gasteiger partial charge in [0.05, 0.1) is 26.4 Å². The Bertz CT molecular complexity index is 1320. The van der Waals surface area contributed by atoms with E-state index in [-0.39, 0.29) is 62.8 Å².